The predicted molar refractivity (Wildman–Crippen MR) is 42.6 cm³/mol. The molecule has 0 unspecified atom stereocenters. The second kappa shape index (κ2) is 5.68. The molecule has 0 atom stereocenters. The molecular weight excluding hydrogens is 417 g/mol. The Morgan fingerprint density at radius 1 is 1.27 bits per heavy atom. The van der Waals surface area contributed by atoms with Crippen LogP contribution in [0.4, 0.5) is 0 Å². The molecule has 0 aromatic carbocycles. The summed E-state index contributed by atoms with van der Waals surface area (Å²) >= 11 is 0. The maximum Gasteiger partial charge on any atom is 0 e. The zero-order valence-corrected chi connectivity index (χ0v) is 14.9. The Balaban J connectivity index is -0.000000320. The Labute approximate surface area is 64.9 Å². The maximum absolute atomic E-state index is 9.93. The van der Waals surface area contributed by atoms with Crippen LogP contribution in [0.3, 0.4) is 0 Å². The van der Waals surface area contributed by atoms with Crippen molar-refractivity contribution in [2.45, 2.75) is 20.8 Å². The molecule has 0 spiro atoms. The van der Waals surface area contributed by atoms with E-state index in [1.165, 1.54) is 0 Å². The van der Waals surface area contributed by atoms with E-state index in [-0.39, 0.29) is 12.8 Å². The third-order valence-corrected chi connectivity index (χ3v) is 1.10. The van der Waals surface area contributed by atoms with Gasteiger partial charge in [0, 0.05) is 0 Å². The molecule has 0 saturated carbocycles. The largest absolute Gasteiger partial charge is 0.409 e. The van der Waals surface area contributed by atoms with Crippen LogP contribution in [0.1, 0.15) is 20.8 Å². The SMILES string of the molecule is CC(C)(C)CN[S-](=O)=O.[CH3-].[Rf]. The van der Waals surface area contributed by atoms with Gasteiger partial charge in [0.1, 0.15) is 0 Å². The average molecular weight is 432 g/mol. The number of hydrogen-bond donors (Lipinski definition) is 1. The van der Waals surface area contributed by atoms with Crippen LogP contribution in [-0.2, 0) is 19.3 Å². The molecule has 0 aromatic heterocycles. The third-order valence-electron chi connectivity index (χ3n) is 0.720. The first-order valence-electron chi connectivity index (χ1n) is 2.74. The Hall–Kier alpha value is -1.09. The van der Waals surface area contributed by atoms with E-state index in [0.717, 1.165) is 0 Å². The Bertz CT molecular complexity index is 143. The predicted octanol–water partition coefficient (Wildman–Crippen LogP) is 1.30. The first-order chi connectivity index (χ1) is 3.92. The van der Waals surface area contributed by atoms with Crippen LogP contribution >= 0.6 is 0 Å². The van der Waals surface area contributed by atoms with Gasteiger partial charge in [0.15, 0.2) is 0 Å². The fourth-order valence-electron chi connectivity index (χ4n) is 0.275. The molecule has 1 N–H and O–H groups in total. The standard InChI is InChI=1S/C5H12NO2S.CH3.Rf/c1-5(2,3)4-6-9(7)8;;/h4H2,1-3H3,(H,6,7,8);1H3;/q2*-1;. The molecule has 0 radical (unpaired) electrons. The van der Waals surface area contributed by atoms with Crippen LogP contribution in [0.5, 0.6) is 0 Å². The Morgan fingerprint density at radius 2 is 1.64 bits per heavy atom. The van der Waals surface area contributed by atoms with Crippen LogP contribution in [0.2, 0.25) is 0 Å². The number of rotatable bonds is 2. The van der Waals surface area contributed by atoms with Gasteiger partial charge in [-0.2, -0.15) is 0 Å². The van der Waals surface area contributed by atoms with E-state index in [2.05, 4.69) is 4.72 Å². The summed E-state index contributed by atoms with van der Waals surface area (Å²) in [5.41, 5.74) is 0.0278. The van der Waals surface area contributed by atoms with E-state index in [1.54, 1.807) is 0 Å². The molecule has 0 aliphatic carbocycles. The summed E-state index contributed by atoms with van der Waals surface area (Å²) in [5, 5.41) is 0. The first-order valence-corrected chi connectivity index (χ1v) is 3.82. The second-order valence-electron chi connectivity index (χ2n) is 3.12. The topological polar surface area (TPSA) is 46.2 Å². The molecule has 0 heterocycles. The van der Waals surface area contributed by atoms with Crippen LogP contribution < -0.4 is 4.72 Å². The molecule has 0 aliphatic rings. The molecule has 3 nitrogen and oxygen atoms in total. The van der Waals surface area contributed by atoms with Crippen molar-refractivity contribution in [3.05, 3.63) is 7.43 Å². The van der Waals surface area contributed by atoms with Gasteiger partial charge in [-0.1, -0.05) is 20.8 Å². The van der Waals surface area contributed by atoms with Crippen molar-refractivity contribution in [2.75, 3.05) is 6.54 Å². The van der Waals surface area contributed by atoms with Gasteiger partial charge in [-0.05, 0) is 22.8 Å². The van der Waals surface area contributed by atoms with Crippen molar-refractivity contribution >= 4 is 10.9 Å². The van der Waals surface area contributed by atoms with E-state index in [0.29, 0.717) is 6.54 Å². The molecule has 0 aromatic rings. The Kier molecular flexibility index (Phi) is 8.50. The molecule has 0 rings (SSSR count). The smallest absolute Gasteiger partial charge is 0 e. The van der Waals surface area contributed by atoms with Crippen molar-refractivity contribution in [3.8, 4) is 0 Å². The molecule has 0 aliphatic heterocycles. The average Bonchev–Trinajstić information content (AvgIpc) is 1.59. The van der Waals surface area contributed by atoms with Crippen LogP contribution in [0, 0.1) is 12.8 Å². The molecule has 66 valence electrons. The van der Waals surface area contributed by atoms with Crippen molar-refractivity contribution in [2.24, 2.45) is 5.41 Å². The molecule has 0 bridgehead atoms. The zero-order chi connectivity index (χ0) is 7.49. The molecule has 0 fully saturated rings. The summed E-state index contributed by atoms with van der Waals surface area (Å²) in [6.45, 7) is 6.38. The number of hydrogen-bond acceptors (Lipinski definition) is 3. The van der Waals surface area contributed by atoms with Gasteiger partial charge in [0.2, 0.25) is 0 Å². The number of nitrogens with one attached hydrogen (secondary N) is 1. The van der Waals surface area contributed by atoms with E-state index in [1.807, 2.05) is 20.8 Å². The van der Waals surface area contributed by atoms with Crippen LogP contribution in [-0.4, -0.2) is 6.54 Å². The van der Waals surface area contributed by atoms with Gasteiger partial charge >= 0.3 is 0 Å². The minimum atomic E-state index is -2.11. The van der Waals surface area contributed by atoms with E-state index in [9.17, 15) is 8.42 Å². The molecular formula is C6H15NO2RfS-2. The summed E-state index contributed by atoms with van der Waals surface area (Å²) in [7, 11) is -2.11. The molecule has 0 amide bonds. The van der Waals surface area contributed by atoms with Gasteiger partial charge in [0.25, 0.3) is 0 Å². The molecule has 0 saturated heterocycles. The van der Waals surface area contributed by atoms with Gasteiger partial charge < -0.3 is 20.6 Å². The molecule has 5 heteroatoms. The minimum Gasteiger partial charge on any atom is -0.409 e. The summed E-state index contributed by atoms with van der Waals surface area (Å²) < 4.78 is 22.2. The van der Waals surface area contributed by atoms with Gasteiger partial charge in [0.05, 0.1) is 0 Å². The van der Waals surface area contributed by atoms with Crippen molar-refractivity contribution < 1.29 is 8.42 Å². The maximum atomic E-state index is 9.93. The first kappa shape index (κ1) is 16.5. The monoisotopic (exact) mass is 432 g/mol. The van der Waals surface area contributed by atoms with Gasteiger partial charge in [-0.3, -0.25) is 0 Å². The van der Waals surface area contributed by atoms with Gasteiger partial charge in [-0.15, -0.1) is 0 Å². The van der Waals surface area contributed by atoms with Crippen molar-refractivity contribution in [1.29, 1.82) is 0 Å². The van der Waals surface area contributed by atoms with E-state index >= 15 is 0 Å². The Morgan fingerprint density at radius 3 is 1.73 bits per heavy atom. The normalized spacial score (nSPS) is 10.2. The third kappa shape index (κ3) is 17.6. The van der Waals surface area contributed by atoms with E-state index < -0.39 is 10.9 Å². The van der Waals surface area contributed by atoms with E-state index in [4.69, 9.17) is 0 Å². The second-order valence-corrected chi connectivity index (χ2v) is 3.87. The fourth-order valence-corrected chi connectivity index (χ4v) is 0.826. The summed E-state index contributed by atoms with van der Waals surface area (Å²) in [4.78, 5) is 0. The van der Waals surface area contributed by atoms with Crippen molar-refractivity contribution in [3.63, 3.8) is 0 Å². The quantitative estimate of drug-likeness (QED) is 0.529. The minimum absolute atomic E-state index is 0. The summed E-state index contributed by atoms with van der Waals surface area (Å²) in [6.07, 6.45) is 0. The zero-order valence-electron chi connectivity index (χ0n) is 7.64. The van der Waals surface area contributed by atoms with Gasteiger partial charge in [-0.25, -0.2) is 0 Å². The van der Waals surface area contributed by atoms with Crippen molar-refractivity contribution in [1.82, 2.24) is 4.72 Å². The van der Waals surface area contributed by atoms with Crippen LogP contribution in [0.25, 0.3) is 0 Å². The molecule has 11 heavy (non-hydrogen) atoms. The fraction of sp³-hybridized carbons (Fsp3) is 0.833. The summed E-state index contributed by atoms with van der Waals surface area (Å²) in [6, 6.07) is 0. The van der Waals surface area contributed by atoms with Crippen LogP contribution in [0.15, 0.2) is 0 Å². The summed E-state index contributed by atoms with van der Waals surface area (Å²) in [5.74, 6) is 0.